The molecule has 0 unspecified atom stereocenters. The molecule has 1 aromatic rings. The van der Waals surface area contributed by atoms with Crippen LogP contribution >= 0.6 is 0 Å². The first-order valence-electron chi connectivity index (χ1n) is 6.42. The van der Waals surface area contributed by atoms with Gasteiger partial charge in [-0.25, -0.2) is 9.97 Å². The Kier molecular flexibility index (Phi) is 4.50. The van der Waals surface area contributed by atoms with E-state index < -0.39 is 0 Å². The fourth-order valence-corrected chi connectivity index (χ4v) is 2.28. The zero-order chi connectivity index (χ0) is 12.8. The molecule has 1 aliphatic rings. The average molecular weight is 249 g/mol. The Balaban J connectivity index is 1.81. The Morgan fingerprint density at radius 3 is 2.67 bits per heavy atom. The topological polar surface area (TPSA) is 64.1 Å². The molecule has 1 fully saturated rings. The lowest BCUT2D eigenvalue weighted by molar-refractivity contribution is -0.140. The van der Waals surface area contributed by atoms with Crippen LogP contribution in [0.3, 0.4) is 0 Å². The number of rotatable bonds is 5. The molecule has 18 heavy (non-hydrogen) atoms. The molecule has 1 aromatic heterocycles. The first kappa shape index (κ1) is 12.8. The number of methoxy groups -OCH3 is 1. The number of esters is 1. The molecule has 1 heterocycles. The molecule has 0 atom stereocenters. The molecule has 0 saturated heterocycles. The Hall–Kier alpha value is -1.65. The first-order valence-corrected chi connectivity index (χ1v) is 6.42. The molecule has 5 nitrogen and oxygen atoms in total. The molecule has 0 amide bonds. The summed E-state index contributed by atoms with van der Waals surface area (Å²) in [5, 5.41) is 3.00. The maximum Gasteiger partial charge on any atom is 0.307 e. The van der Waals surface area contributed by atoms with E-state index in [4.69, 9.17) is 0 Å². The van der Waals surface area contributed by atoms with E-state index in [0.717, 1.165) is 0 Å². The summed E-state index contributed by atoms with van der Waals surface area (Å²) in [7, 11) is 1.38. The highest BCUT2D eigenvalue weighted by Crippen LogP contribution is 2.33. The van der Waals surface area contributed by atoms with Crippen LogP contribution in [0, 0.1) is 0 Å². The maximum atomic E-state index is 10.9. The maximum absolute atomic E-state index is 10.9. The van der Waals surface area contributed by atoms with Crippen molar-refractivity contribution in [2.45, 2.75) is 38.0 Å². The number of ether oxygens (including phenoxy) is 1. The molecule has 0 bridgehead atoms. The fourth-order valence-electron chi connectivity index (χ4n) is 2.28. The van der Waals surface area contributed by atoms with Gasteiger partial charge in [0, 0.05) is 18.9 Å². The molecular formula is C13H19N3O2. The van der Waals surface area contributed by atoms with E-state index >= 15 is 0 Å². The molecule has 0 radical (unpaired) electrons. The largest absolute Gasteiger partial charge is 0.469 e. The van der Waals surface area contributed by atoms with Crippen molar-refractivity contribution < 1.29 is 9.53 Å². The molecule has 1 aliphatic carbocycles. The van der Waals surface area contributed by atoms with Gasteiger partial charge in [-0.05, 0) is 24.3 Å². The number of carbonyl (C=O) groups excluding carboxylic acids is 1. The lowest BCUT2D eigenvalue weighted by atomic mass is 10.0. The Labute approximate surface area is 107 Å². The number of carbonyl (C=O) groups is 1. The molecule has 2 rings (SSSR count). The number of nitrogens with zero attached hydrogens (tertiary/aromatic N) is 2. The minimum absolute atomic E-state index is 0.231. The van der Waals surface area contributed by atoms with E-state index in [-0.39, 0.29) is 5.97 Å². The monoisotopic (exact) mass is 249 g/mol. The SMILES string of the molecule is COC(=O)CCNc1ncc(C2CCCC2)cn1. The summed E-state index contributed by atoms with van der Waals surface area (Å²) in [5.41, 5.74) is 1.23. The molecule has 1 saturated carbocycles. The number of aromatic nitrogens is 2. The number of hydrogen-bond donors (Lipinski definition) is 1. The minimum Gasteiger partial charge on any atom is -0.469 e. The zero-order valence-corrected chi connectivity index (χ0v) is 10.7. The predicted octanol–water partition coefficient (Wildman–Crippen LogP) is 2.11. The molecular weight excluding hydrogens is 230 g/mol. The van der Waals surface area contributed by atoms with Crippen molar-refractivity contribution in [3.63, 3.8) is 0 Å². The van der Waals surface area contributed by atoms with Gasteiger partial charge in [0.15, 0.2) is 0 Å². The summed E-state index contributed by atoms with van der Waals surface area (Å²) in [5.74, 6) is 0.972. The predicted molar refractivity (Wildman–Crippen MR) is 68.4 cm³/mol. The molecule has 0 aromatic carbocycles. The number of anilines is 1. The molecule has 0 aliphatic heterocycles. The van der Waals surface area contributed by atoms with Crippen molar-refractivity contribution in [2.24, 2.45) is 0 Å². The van der Waals surface area contributed by atoms with Gasteiger partial charge >= 0.3 is 5.97 Å². The summed E-state index contributed by atoms with van der Waals surface area (Å²) in [6, 6.07) is 0. The van der Waals surface area contributed by atoms with Gasteiger partial charge in [0.2, 0.25) is 5.95 Å². The van der Waals surface area contributed by atoms with Crippen molar-refractivity contribution >= 4 is 11.9 Å². The van der Waals surface area contributed by atoms with E-state index in [1.165, 1.54) is 38.4 Å². The highest BCUT2D eigenvalue weighted by molar-refractivity contribution is 5.69. The zero-order valence-electron chi connectivity index (χ0n) is 10.7. The Morgan fingerprint density at radius 1 is 1.39 bits per heavy atom. The summed E-state index contributed by atoms with van der Waals surface area (Å²) >= 11 is 0. The van der Waals surface area contributed by atoms with E-state index in [1.54, 1.807) is 0 Å². The van der Waals surface area contributed by atoms with Crippen molar-refractivity contribution in [1.82, 2.24) is 9.97 Å². The van der Waals surface area contributed by atoms with Gasteiger partial charge in [0.05, 0.1) is 13.5 Å². The normalized spacial score (nSPS) is 15.6. The standard InChI is InChI=1S/C13H19N3O2/c1-18-12(17)6-7-14-13-15-8-11(9-16-13)10-4-2-3-5-10/h8-10H,2-7H2,1H3,(H,14,15,16). The Morgan fingerprint density at radius 2 is 2.06 bits per heavy atom. The van der Waals surface area contributed by atoms with Crippen molar-refractivity contribution in [3.05, 3.63) is 18.0 Å². The van der Waals surface area contributed by atoms with Crippen LogP contribution in [0.1, 0.15) is 43.6 Å². The van der Waals surface area contributed by atoms with Crippen molar-refractivity contribution in [2.75, 3.05) is 19.0 Å². The van der Waals surface area contributed by atoms with Gasteiger partial charge in [0.1, 0.15) is 0 Å². The van der Waals surface area contributed by atoms with E-state index in [9.17, 15) is 4.79 Å². The first-order chi connectivity index (χ1) is 8.79. The van der Waals surface area contributed by atoms with E-state index in [0.29, 0.717) is 24.8 Å². The van der Waals surface area contributed by atoms with Crippen molar-refractivity contribution in [1.29, 1.82) is 0 Å². The van der Waals surface area contributed by atoms with Crippen LogP contribution in [0.5, 0.6) is 0 Å². The second-order valence-corrected chi connectivity index (χ2v) is 4.57. The van der Waals surface area contributed by atoms with Crippen LogP contribution in [0.15, 0.2) is 12.4 Å². The molecule has 1 N–H and O–H groups in total. The lowest BCUT2D eigenvalue weighted by Gasteiger charge is -2.09. The summed E-state index contributed by atoms with van der Waals surface area (Å²) in [6.45, 7) is 0.495. The Bertz CT molecular complexity index is 386. The second kappa shape index (κ2) is 6.33. The lowest BCUT2D eigenvalue weighted by Crippen LogP contribution is -2.11. The van der Waals surface area contributed by atoms with Crippen LogP contribution in [-0.2, 0) is 9.53 Å². The molecule has 5 heteroatoms. The third-order valence-electron chi connectivity index (χ3n) is 3.34. The molecule has 0 spiro atoms. The van der Waals surface area contributed by atoms with Gasteiger partial charge in [-0.3, -0.25) is 4.79 Å². The van der Waals surface area contributed by atoms with Crippen LogP contribution in [-0.4, -0.2) is 29.6 Å². The van der Waals surface area contributed by atoms with Crippen LogP contribution in [0.4, 0.5) is 5.95 Å². The highest BCUT2D eigenvalue weighted by Gasteiger charge is 2.17. The van der Waals surface area contributed by atoms with Crippen LogP contribution in [0.25, 0.3) is 0 Å². The van der Waals surface area contributed by atoms with E-state index in [1.807, 2.05) is 12.4 Å². The summed E-state index contributed by atoms with van der Waals surface area (Å²) in [6.07, 6.45) is 9.22. The second-order valence-electron chi connectivity index (χ2n) is 4.57. The number of hydrogen-bond acceptors (Lipinski definition) is 5. The van der Waals surface area contributed by atoms with Crippen molar-refractivity contribution in [3.8, 4) is 0 Å². The van der Waals surface area contributed by atoms with Gasteiger partial charge < -0.3 is 10.1 Å². The van der Waals surface area contributed by atoms with Crippen LogP contribution < -0.4 is 5.32 Å². The molecule has 98 valence electrons. The minimum atomic E-state index is -0.231. The third-order valence-corrected chi connectivity index (χ3v) is 3.34. The van der Waals surface area contributed by atoms with Gasteiger partial charge in [-0.15, -0.1) is 0 Å². The summed E-state index contributed by atoms with van der Waals surface area (Å²) < 4.78 is 4.56. The smallest absolute Gasteiger partial charge is 0.307 e. The van der Waals surface area contributed by atoms with Gasteiger partial charge in [0.25, 0.3) is 0 Å². The van der Waals surface area contributed by atoms with E-state index in [2.05, 4.69) is 20.0 Å². The third kappa shape index (κ3) is 3.42. The summed E-state index contributed by atoms with van der Waals surface area (Å²) in [4.78, 5) is 19.5. The highest BCUT2D eigenvalue weighted by atomic mass is 16.5. The average Bonchev–Trinajstić information content (AvgIpc) is 2.93. The van der Waals surface area contributed by atoms with Gasteiger partial charge in [-0.1, -0.05) is 12.8 Å². The van der Waals surface area contributed by atoms with Gasteiger partial charge in [-0.2, -0.15) is 0 Å². The number of nitrogens with one attached hydrogen (secondary N) is 1. The quantitative estimate of drug-likeness (QED) is 0.810. The van der Waals surface area contributed by atoms with Crippen LogP contribution in [0.2, 0.25) is 0 Å². The fraction of sp³-hybridized carbons (Fsp3) is 0.615.